The molecule has 0 saturated heterocycles. The Labute approximate surface area is 286 Å². The fourth-order valence-corrected chi connectivity index (χ4v) is 5.87. The minimum absolute atomic E-state index is 0.0160. The van der Waals surface area contributed by atoms with Gasteiger partial charge in [0.1, 0.15) is 23.8 Å². The highest BCUT2D eigenvalue weighted by molar-refractivity contribution is 6.74. The summed E-state index contributed by atoms with van der Waals surface area (Å²) in [6, 6.07) is 13.8. The molecular formula is C36H35F5N4O4Si. The minimum atomic E-state index is -4.82. The lowest BCUT2D eigenvalue weighted by atomic mass is 10.0. The van der Waals surface area contributed by atoms with Crippen LogP contribution >= 0.6 is 0 Å². The third kappa shape index (κ3) is 7.45. The maximum atomic E-state index is 15.4. The number of carbonyl (C=O) groups excluding carboxylic acids is 1. The predicted molar refractivity (Wildman–Crippen MR) is 180 cm³/mol. The van der Waals surface area contributed by atoms with Gasteiger partial charge in [-0.1, -0.05) is 51.1 Å². The number of aromatic nitrogens is 3. The SMILES string of the molecule is Cc1c(C(F)(F)F)cnc(Oc2ccc(F)c(F)c2CO[Si](C)(C)C(C)(C)C)c1-c1cc(OCc2ccccc2)c2c(C(N)=O)nccc2n1. The summed E-state index contributed by atoms with van der Waals surface area (Å²) in [6.07, 6.45) is -2.94. The first-order chi connectivity index (χ1) is 23.4. The Hall–Kier alpha value is -4.95. The van der Waals surface area contributed by atoms with Gasteiger partial charge in [-0.25, -0.2) is 18.7 Å². The van der Waals surface area contributed by atoms with Crippen molar-refractivity contribution in [2.24, 2.45) is 5.73 Å². The van der Waals surface area contributed by atoms with E-state index in [9.17, 15) is 22.4 Å². The van der Waals surface area contributed by atoms with Crippen molar-refractivity contribution in [1.82, 2.24) is 15.0 Å². The van der Waals surface area contributed by atoms with E-state index in [1.165, 1.54) is 25.3 Å². The third-order valence-electron chi connectivity index (χ3n) is 8.76. The first-order valence-electron chi connectivity index (χ1n) is 15.5. The molecule has 2 aromatic carbocycles. The lowest BCUT2D eigenvalue weighted by Gasteiger charge is -2.36. The standard InChI is InChI=1S/C36H35F5N4O4Si/c1-20-23(36(39,40)41)17-44-34(49-27-13-12-24(37)31(38)22(27)19-48-50(5,6)35(2,3)4)29(20)26-16-28(47-18-21-10-8-7-9-11-21)30-25(45-26)14-15-43-32(30)33(42)46/h7-17H,18-19H2,1-6H3,(H2,42,46). The van der Waals surface area contributed by atoms with Crippen LogP contribution in [0.2, 0.25) is 18.1 Å². The van der Waals surface area contributed by atoms with Gasteiger partial charge in [0.25, 0.3) is 5.91 Å². The number of rotatable bonds is 10. The number of alkyl halides is 3. The molecule has 5 aromatic rings. The Morgan fingerprint density at radius 1 is 0.940 bits per heavy atom. The molecule has 262 valence electrons. The molecule has 3 aromatic heterocycles. The van der Waals surface area contributed by atoms with E-state index < -0.39 is 37.6 Å². The van der Waals surface area contributed by atoms with Crippen LogP contribution in [0.1, 0.15) is 53.5 Å². The summed E-state index contributed by atoms with van der Waals surface area (Å²) in [7, 11) is -2.47. The van der Waals surface area contributed by atoms with E-state index in [2.05, 4.69) is 15.0 Å². The fourth-order valence-electron chi connectivity index (χ4n) is 4.93. The predicted octanol–water partition coefficient (Wildman–Crippen LogP) is 9.29. The van der Waals surface area contributed by atoms with Gasteiger partial charge in [-0.05, 0) is 54.4 Å². The summed E-state index contributed by atoms with van der Waals surface area (Å²) in [6.45, 7) is 10.7. The van der Waals surface area contributed by atoms with Gasteiger partial charge in [0.05, 0.1) is 39.9 Å². The van der Waals surface area contributed by atoms with E-state index in [4.69, 9.17) is 19.6 Å². The van der Waals surface area contributed by atoms with Gasteiger partial charge >= 0.3 is 6.18 Å². The highest BCUT2D eigenvalue weighted by Crippen LogP contribution is 2.44. The van der Waals surface area contributed by atoms with Crippen molar-refractivity contribution >= 4 is 25.1 Å². The van der Waals surface area contributed by atoms with Crippen LogP contribution in [-0.2, 0) is 23.8 Å². The Morgan fingerprint density at radius 2 is 1.64 bits per heavy atom. The van der Waals surface area contributed by atoms with Crippen LogP contribution in [0.5, 0.6) is 17.4 Å². The number of carbonyl (C=O) groups is 1. The molecule has 0 unspecified atom stereocenters. The number of primary amides is 1. The van der Waals surface area contributed by atoms with Crippen molar-refractivity contribution in [1.29, 1.82) is 0 Å². The van der Waals surface area contributed by atoms with Gasteiger partial charge in [0, 0.05) is 18.5 Å². The number of hydrogen-bond acceptors (Lipinski definition) is 7. The molecule has 0 bridgehead atoms. The summed E-state index contributed by atoms with van der Waals surface area (Å²) < 4.78 is 91.0. The van der Waals surface area contributed by atoms with Crippen molar-refractivity contribution < 1.29 is 40.6 Å². The van der Waals surface area contributed by atoms with Crippen LogP contribution in [0.15, 0.2) is 67.0 Å². The van der Waals surface area contributed by atoms with Crippen LogP contribution in [0.3, 0.4) is 0 Å². The van der Waals surface area contributed by atoms with Gasteiger partial charge in [-0.15, -0.1) is 0 Å². The molecule has 0 aliphatic carbocycles. The average molecular weight is 711 g/mol. The topological polar surface area (TPSA) is 109 Å². The quantitative estimate of drug-likeness (QED) is 0.114. The largest absolute Gasteiger partial charge is 0.488 e. The van der Waals surface area contributed by atoms with E-state index in [1.807, 2.05) is 39.9 Å². The number of fused-ring (bicyclic) bond motifs is 1. The van der Waals surface area contributed by atoms with Crippen LogP contribution in [0.4, 0.5) is 22.0 Å². The summed E-state index contributed by atoms with van der Waals surface area (Å²) in [5.41, 5.74) is 4.41. The lowest BCUT2D eigenvalue weighted by molar-refractivity contribution is -0.138. The number of nitrogens with two attached hydrogens (primary N) is 1. The monoisotopic (exact) mass is 710 g/mol. The van der Waals surface area contributed by atoms with E-state index in [-0.39, 0.29) is 74.6 Å². The molecular weight excluding hydrogens is 675 g/mol. The Morgan fingerprint density at radius 3 is 2.28 bits per heavy atom. The number of ether oxygens (including phenoxy) is 2. The van der Waals surface area contributed by atoms with Crippen molar-refractivity contribution in [3.63, 3.8) is 0 Å². The summed E-state index contributed by atoms with van der Waals surface area (Å²) in [5, 5.41) is -0.117. The number of halogens is 5. The zero-order valence-corrected chi connectivity index (χ0v) is 29.2. The van der Waals surface area contributed by atoms with Crippen LogP contribution in [0, 0.1) is 18.6 Å². The average Bonchev–Trinajstić information content (AvgIpc) is 3.04. The number of nitrogens with zero attached hydrogens (tertiary/aromatic N) is 3. The summed E-state index contributed by atoms with van der Waals surface area (Å²) in [5.74, 6) is -3.79. The molecule has 5 rings (SSSR count). The zero-order chi connectivity index (χ0) is 36.6. The normalized spacial score (nSPS) is 12.3. The van der Waals surface area contributed by atoms with E-state index >= 15 is 4.39 Å². The van der Waals surface area contributed by atoms with Crippen molar-refractivity contribution in [3.8, 4) is 28.6 Å². The van der Waals surface area contributed by atoms with Crippen molar-refractivity contribution in [3.05, 3.63) is 107 Å². The maximum absolute atomic E-state index is 15.4. The van der Waals surface area contributed by atoms with Gasteiger partial charge in [-0.3, -0.25) is 9.78 Å². The smallest absolute Gasteiger partial charge is 0.418 e. The van der Waals surface area contributed by atoms with Gasteiger partial charge in [0.15, 0.2) is 20.0 Å². The number of benzene rings is 2. The third-order valence-corrected chi connectivity index (χ3v) is 13.2. The molecule has 0 spiro atoms. The number of hydrogen-bond donors (Lipinski definition) is 1. The second-order valence-electron chi connectivity index (χ2n) is 13.2. The highest BCUT2D eigenvalue weighted by atomic mass is 28.4. The summed E-state index contributed by atoms with van der Waals surface area (Å²) in [4.78, 5) is 25.0. The maximum Gasteiger partial charge on any atom is 0.418 e. The Bertz CT molecular complexity index is 2070. The fraction of sp³-hybridized carbons (Fsp3) is 0.278. The van der Waals surface area contributed by atoms with Crippen LogP contribution in [-0.4, -0.2) is 29.2 Å². The second-order valence-corrected chi connectivity index (χ2v) is 18.0. The van der Waals surface area contributed by atoms with E-state index in [0.29, 0.717) is 6.20 Å². The van der Waals surface area contributed by atoms with Crippen molar-refractivity contribution in [2.45, 2.75) is 65.2 Å². The van der Waals surface area contributed by atoms with E-state index in [1.54, 1.807) is 24.3 Å². The molecule has 50 heavy (non-hydrogen) atoms. The highest BCUT2D eigenvalue weighted by Gasteiger charge is 2.38. The van der Waals surface area contributed by atoms with Crippen molar-refractivity contribution in [2.75, 3.05) is 0 Å². The summed E-state index contributed by atoms with van der Waals surface area (Å²) >= 11 is 0. The molecule has 0 saturated carbocycles. The molecule has 8 nitrogen and oxygen atoms in total. The number of amides is 1. The first kappa shape index (κ1) is 36.3. The molecule has 0 atom stereocenters. The molecule has 1 amide bonds. The van der Waals surface area contributed by atoms with Gasteiger partial charge < -0.3 is 19.6 Å². The van der Waals surface area contributed by atoms with Gasteiger partial charge in [0.2, 0.25) is 5.88 Å². The molecule has 0 aliphatic heterocycles. The Balaban J connectivity index is 1.70. The lowest BCUT2D eigenvalue weighted by Crippen LogP contribution is -2.40. The first-order valence-corrected chi connectivity index (χ1v) is 18.4. The molecule has 0 aliphatic rings. The Kier molecular flexibility index (Phi) is 9.99. The van der Waals surface area contributed by atoms with Crippen LogP contribution < -0.4 is 15.2 Å². The molecule has 0 fully saturated rings. The van der Waals surface area contributed by atoms with Crippen LogP contribution in [0.25, 0.3) is 22.2 Å². The molecule has 0 radical (unpaired) electrons. The minimum Gasteiger partial charge on any atom is -0.488 e. The molecule has 14 heteroatoms. The second kappa shape index (κ2) is 13.7. The molecule has 2 N–H and O–H groups in total. The number of pyridine rings is 3. The zero-order valence-electron chi connectivity index (χ0n) is 28.2. The molecule has 3 heterocycles. The van der Waals surface area contributed by atoms with E-state index in [0.717, 1.165) is 17.7 Å². The van der Waals surface area contributed by atoms with Gasteiger partial charge in [-0.2, -0.15) is 13.2 Å².